The van der Waals surface area contributed by atoms with E-state index >= 15 is 0 Å². The van der Waals surface area contributed by atoms with Gasteiger partial charge in [0.15, 0.2) is 0 Å². The first kappa shape index (κ1) is 19.2. The van der Waals surface area contributed by atoms with Gasteiger partial charge in [0, 0.05) is 12.1 Å². The van der Waals surface area contributed by atoms with Crippen LogP contribution in [0.3, 0.4) is 0 Å². The van der Waals surface area contributed by atoms with E-state index in [-0.39, 0.29) is 11.8 Å². The first-order valence-corrected chi connectivity index (χ1v) is 8.99. The number of hydrogen-bond acceptors (Lipinski definition) is 3. The van der Waals surface area contributed by atoms with E-state index in [1.54, 1.807) is 31.4 Å². The number of carbonyl (C=O) groups excluding carboxylic acids is 2. The second kappa shape index (κ2) is 9.37. The van der Waals surface area contributed by atoms with Crippen LogP contribution in [0, 0.1) is 0 Å². The van der Waals surface area contributed by atoms with E-state index < -0.39 is 6.04 Å². The first-order chi connectivity index (χ1) is 13.7. The Morgan fingerprint density at radius 1 is 0.893 bits per heavy atom. The Kier molecular flexibility index (Phi) is 6.41. The van der Waals surface area contributed by atoms with Gasteiger partial charge < -0.3 is 15.4 Å². The second-order valence-corrected chi connectivity index (χ2v) is 6.25. The van der Waals surface area contributed by atoms with Crippen LogP contribution < -0.4 is 15.4 Å². The zero-order chi connectivity index (χ0) is 19.8. The Bertz CT molecular complexity index is 927. The number of rotatable bonds is 7. The molecule has 2 amide bonds. The highest BCUT2D eigenvalue weighted by atomic mass is 16.5. The number of amides is 2. The Balaban J connectivity index is 1.74. The molecule has 142 valence electrons. The quantitative estimate of drug-likeness (QED) is 0.665. The Morgan fingerprint density at radius 2 is 1.57 bits per heavy atom. The van der Waals surface area contributed by atoms with E-state index in [4.69, 9.17) is 4.74 Å². The number of hydrogen-bond donors (Lipinski definition) is 2. The summed E-state index contributed by atoms with van der Waals surface area (Å²) >= 11 is 0. The van der Waals surface area contributed by atoms with Crippen molar-refractivity contribution in [2.75, 3.05) is 7.11 Å². The van der Waals surface area contributed by atoms with Gasteiger partial charge in [-0.3, -0.25) is 9.59 Å². The average Bonchev–Trinajstić information content (AvgIpc) is 2.77. The standard InChI is InChI=1S/C23H22N2O3/c1-28-20-14-8-9-17(15-20)16-24-23(27)21(18-10-4-2-5-11-18)25-22(26)19-12-6-3-7-13-19/h2-15,21H,16H2,1H3,(H,24,27)(H,25,26)/t21-/m0/s1. The van der Waals surface area contributed by atoms with Crippen LogP contribution in [-0.2, 0) is 11.3 Å². The normalized spacial score (nSPS) is 11.3. The Hall–Kier alpha value is -3.60. The Labute approximate surface area is 164 Å². The van der Waals surface area contributed by atoms with E-state index in [9.17, 15) is 9.59 Å². The lowest BCUT2D eigenvalue weighted by Gasteiger charge is -2.19. The number of nitrogens with one attached hydrogen (secondary N) is 2. The molecule has 0 radical (unpaired) electrons. The molecule has 0 fully saturated rings. The maximum Gasteiger partial charge on any atom is 0.252 e. The van der Waals surface area contributed by atoms with Gasteiger partial charge in [0.05, 0.1) is 7.11 Å². The van der Waals surface area contributed by atoms with Crippen LogP contribution in [0.1, 0.15) is 27.5 Å². The smallest absolute Gasteiger partial charge is 0.252 e. The van der Waals surface area contributed by atoms with Crippen LogP contribution in [-0.4, -0.2) is 18.9 Å². The van der Waals surface area contributed by atoms with E-state index in [1.165, 1.54) is 0 Å². The summed E-state index contributed by atoms with van der Waals surface area (Å²) in [6, 6.07) is 24.7. The van der Waals surface area contributed by atoms with Gasteiger partial charge in [-0.2, -0.15) is 0 Å². The van der Waals surface area contributed by atoms with Crippen molar-refractivity contribution in [2.45, 2.75) is 12.6 Å². The van der Waals surface area contributed by atoms with Crippen LogP contribution >= 0.6 is 0 Å². The van der Waals surface area contributed by atoms with Crippen LogP contribution in [0.4, 0.5) is 0 Å². The third-order valence-electron chi connectivity index (χ3n) is 4.31. The van der Waals surface area contributed by atoms with Crippen LogP contribution in [0.15, 0.2) is 84.9 Å². The summed E-state index contributed by atoms with van der Waals surface area (Å²) in [7, 11) is 1.60. The van der Waals surface area contributed by atoms with Crippen molar-refractivity contribution in [3.8, 4) is 5.75 Å². The van der Waals surface area contributed by atoms with Gasteiger partial charge in [-0.1, -0.05) is 60.7 Å². The lowest BCUT2D eigenvalue weighted by atomic mass is 10.0. The molecular weight excluding hydrogens is 352 g/mol. The topological polar surface area (TPSA) is 67.4 Å². The number of carbonyl (C=O) groups is 2. The van der Waals surface area contributed by atoms with Gasteiger partial charge in [0.2, 0.25) is 5.91 Å². The molecule has 0 heterocycles. The molecular formula is C23H22N2O3. The largest absolute Gasteiger partial charge is 0.497 e. The van der Waals surface area contributed by atoms with Crippen molar-refractivity contribution >= 4 is 11.8 Å². The average molecular weight is 374 g/mol. The highest BCUT2D eigenvalue weighted by Crippen LogP contribution is 2.16. The summed E-state index contributed by atoms with van der Waals surface area (Å²) in [6.07, 6.45) is 0. The van der Waals surface area contributed by atoms with E-state index in [1.807, 2.05) is 60.7 Å². The molecule has 3 aromatic rings. The van der Waals surface area contributed by atoms with Crippen molar-refractivity contribution in [2.24, 2.45) is 0 Å². The van der Waals surface area contributed by atoms with Crippen molar-refractivity contribution < 1.29 is 14.3 Å². The number of benzene rings is 3. The summed E-state index contributed by atoms with van der Waals surface area (Å²) in [4.78, 5) is 25.5. The predicted octanol–water partition coefficient (Wildman–Crippen LogP) is 3.48. The molecule has 0 aliphatic heterocycles. The minimum absolute atomic E-state index is 0.279. The second-order valence-electron chi connectivity index (χ2n) is 6.25. The highest BCUT2D eigenvalue weighted by Gasteiger charge is 2.23. The van der Waals surface area contributed by atoms with Crippen LogP contribution in [0.25, 0.3) is 0 Å². The van der Waals surface area contributed by atoms with Crippen LogP contribution in [0.2, 0.25) is 0 Å². The SMILES string of the molecule is COc1cccc(CNC(=O)[C@@H](NC(=O)c2ccccc2)c2ccccc2)c1. The molecule has 3 rings (SSSR count). The maximum atomic E-state index is 12.9. The molecule has 2 N–H and O–H groups in total. The lowest BCUT2D eigenvalue weighted by Crippen LogP contribution is -2.40. The zero-order valence-electron chi connectivity index (χ0n) is 15.6. The molecule has 0 aliphatic rings. The fourth-order valence-corrected chi connectivity index (χ4v) is 2.82. The molecule has 0 unspecified atom stereocenters. The van der Waals surface area contributed by atoms with Gasteiger partial charge in [-0.25, -0.2) is 0 Å². The first-order valence-electron chi connectivity index (χ1n) is 8.99. The van der Waals surface area contributed by atoms with E-state index in [0.29, 0.717) is 12.1 Å². The minimum Gasteiger partial charge on any atom is -0.497 e. The molecule has 0 bridgehead atoms. The molecule has 0 aliphatic carbocycles. The van der Waals surface area contributed by atoms with E-state index in [2.05, 4.69) is 10.6 Å². The van der Waals surface area contributed by atoms with Gasteiger partial charge in [0.1, 0.15) is 11.8 Å². The maximum absolute atomic E-state index is 12.9. The minimum atomic E-state index is -0.792. The predicted molar refractivity (Wildman–Crippen MR) is 108 cm³/mol. The molecule has 1 atom stereocenters. The molecule has 0 saturated carbocycles. The van der Waals surface area contributed by atoms with Gasteiger partial charge in [0.25, 0.3) is 5.91 Å². The fourth-order valence-electron chi connectivity index (χ4n) is 2.82. The number of ether oxygens (including phenoxy) is 1. The summed E-state index contributed by atoms with van der Waals surface area (Å²) in [5.41, 5.74) is 2.13. The van der Waals surface area contributed by atoms with Crippen molar-refractivity contribution in [3.63, 3.8) is 0 Å². The summed E-state index contributed by atoms with van der Waals surface area (Å²) in [6.45, 7) is 0.334. The van der Waals surface area contributed by atoms with Gasteiger partial charge >= 0.3 is 0 Å². The van der Waals surface area contributed by atoms with E-state index in [0.717, 1.165) is 16.9 Å². The van der Waals surface area contributed by atoms with Gasteiger partial charge in [-0.05, 0) is 35.4 Å². The van der Waals surface area contributed by atoms with Crippen molar-refractivity contribution in [3.05, 3.63) is 102 Å². The van der Waals surface area contributed by atoms with Gasteiger partial charge in [-0.15, -0.1) is 0 Å². The highest BCUT2D eigenvalue weighted by molar-refractivity contribution is 5.97. The summed E-state index contributed by atoms with van der Waals surface area (Å²) in [5, 5.41) is 5.73. The summed E-state index contributed by atoms with van der Waals surface area (Å²) in [5.74, 6) is 0.146. The molecule has 5 heteroatoms. The molecule has 0 saturated heterocycles. The van der Waals surface area contributed by atoms with Crippen molar-refractivity contribution in [1.29, 1.82) is 0 Å². The molecule has 0 spiro atoms. The zero-order valence-corrected chi connectivity index (χ0v) is 15.6. The third kappa shape index (κ3) is 4.98. The monoisotopic (exact) mass is 374 g/mol. The summed E-state index contributed by atoms with van der Waals surface area (Å²) < 4.78 is 5.21. The Morgan fingerprint density at radius 3 is 2.25 bits per heavy atom. The third-order valence-corrected chi connectivity index (χ3v) is 4.31. The lowest BCUT2D eigenvalue weighted by molar-refractivity contribution is -0.123. The fraction of sp³-hybridized carbons (Fsp3) is 0.130. The molecule has 28 heavy (non-hydrogen) atoms. The van der Waals surface area contributed by atoms with Crippen LogP contribution in [0.5, 0.6) is 5.75 Å². The molecule has 3 aromatic carbocycles. The molecule has 5 nitrogen and oxygen atoms in total. The van der Waals surface area contributed by atoms with Crippen molar-refractivity contribution in [1.82, 2.24) is 10.6 Å². The number of methoxy groups -OCH3 is 1. The molecule has 0 aromatic heterocycles.